The Hall–Kier alpha value is -1.94. The van der Waals surface area contributed by atoms with Crippen molar-refractivity contribution in [2.24, 2.45) is 11.8 Å². The van der Waals surface area contributed by atoms with Crippen LogP contribution in [-0.2, 0) is 65.4 Å². The van der Waals surface area contributed by atoms with Crippen molar-refractivity contribution >= 4 is 39.5 Å². The molecule has 0 amide bonds. The molecule has 0 saturated carbocycles. The first-order chi connectivity index (χ1) is 50.4. The number of phosphoric acid groups is 2. The topological polar surface area (TPSA) is 237 Å². The van der Waals surface area contributed by atoms with Gasteiger partial charge in [-0.25, -0.2) is 9.13 Å². The van der Waals surface area contributed by atoms with Crippen LogP contribution in [0, 0.1) is 11.8 Å². The molecule has 0 aliphatic rings. The van der Waals surface area contributed by atoms with Gasteiger partial charge in [0, 0.05) is 25.7 Å². The Morgan fingerprint density at radius 2 is 0.462 bits per heavy atom. The Bertz CT molecular complexity index is 2000. The van der Waals surface area contributed by atoms with Crippen LogP contribution < -0.4 is 0 Å². The molecule has 0 bridgehead atoms. The van der Waals surface area contributed by atoms with Gasteiger partial charge in [0.2, 0.25) is 0 Å². The summed E-state index contributed by atoms with van der Waals surface area (Å²) in [6.07, 6.45) is 67.9. The molecule has 4 unspecified atom stereocenters. The van der Waals surface area contributed by atoms with Crippen molar-refractivity contribution in [1.29, 1.82) is 0 Å². The second kappa shape index (κ2) is 76.4. The molecule has 0 heterocycles. The Morgan fingerprint density at radius 1 is 0.269 bits per heavy atom. The van der Waals surface area contributed by atoms with E-state index < -0.39 is 97.5 Å². The van der Waals surface area contributed by atoms with E-state index in [1.54, 1.807) is 0 Å². The highest BCUT2D eigenvalue weighted by Crippen LogP contribution is 2.45. The van der Waals surface area contributed by atoms with Crippen LogP contribution in [-0.4, -0.2) is 96.7 Å². The van der Waals surface area contributed by atoms with E-state index in [1.165, 1.54) is 270 Å². The molecular formula is C85H166O17P2. The van der Waals surface area contributed by atoms with Crippen molar-refractivity contribution in [3.63, 3.8) is 0 Å². The minimum Gasteiger partial charge on any atom is -0.462 e. The third-order valence-corrected chi connectivity index (χ3v) is 22.6. The minimum atomic E-state index is -4.97. The third kappa shape index (κ3) is 75.5. The molecule has 0 radical (unpaired) electrons. The van der Waals surface area contributed by atoms with E-state index in [9.17, 15) is 43.2 Å². The summed E-state index contributed by atoms with van der Waals surface area (Å²) in [6, 6.07) is 0. The van der Waals surface area contributed by atoms with Crippen LogP contribution in [0.4, 0.5) is 0 Å². The summed E-state index contributed by atoms with van der Waals surface area (Å²) in [6.45, 7) is 9.69. The van der Waals surface area contributed by atoms with Gasteiger partial charge in [0.15, 0.2) is 12.2 Å². The minimum absolute atomic E-state index is 0.106. The molecule has 0 fully saturated rings. The van der Waals surface area contributed by atoms with Crippen molar-refractivity contribution in [1.82, 2.24) is 0 Å². The summed E-state index contributed by atoms with van der Waals surface area (Å²) in [4.78, 5) is 73.2. The second-order valence-corrected chi connectivity index (χ2v) is 34.0. The van der Waals surface area contributed by atoms with Crippen molar-refractivity contribution in [3.05, 3.63) is 0 Å². The molecule has 0 aliphatic heterocycles. The van der Waals surface area contributed by atoms with Crippen molar-refractivity contribution in [2.75, 3.05) is 39.6 Å². The molecule has 104 heavy (non-hydrogen) atoms. The van der Waals surface area contributed by atoms with Crippen LogP contribution in [0.3, 0.4) is 0 Å². The van der Waals surface area contributed by atoms with Crippen LogP contribution in [0.25, 0.3) is 0 Å². The van der Waals surface area contributed by atoms with Crippen molar-refractivity contribution < 1.29 is 80.2 Å². The van der Waals surface area contributed by atoms with E-state index in [0.717, 1.165) is 102 Å². The standard InChI is InChI=1S/C85H166O17P2/c1-7-11-13-15-17-19-21-23-25-27-28-29-30-32-34-36-38-43-51-57-63-69-84(89)101-80(73-95-82(87)67-61-55-49-42-37-35-33-31-26-24-22-20-18-16-14-12-8-2)75-99-103(91,92)97-71-79(86)72-98-104(93,94)100-76-81(74-96-83(88)68-62-56-50-46-45-48-54-60-66-78(6)10-4)102-85(90)70-64-58-52-44-40-39-41-47-53-59-65-77(5)9-3/h77-81,86H,7-76H2,1-6H3,(H,91,92)(H,93,94)/t77?,78?,79-,80-,81-/m1/s1. The van der Waals surface area contributed by atoms with Gasteiger partial charge in [-0.15, -0.1) is 0 Å². The first-order valence-corrected chi connectivity index (χ1v) is 47.1. The second-order valence-electron chi connectivity index (χ2n) is 31.1. The summed E-state index contributed by atoms with van der Waals surface area (Å²) in [5.74, 6) is -0.524. The lowest BCUT2D eigenvalue weighted by Crippen LogP contribution is -2.30. The molecule has 7 atom stereocenters. The smallest absolute Gasteiger partial charge is 0.462 e. The molecule has 19 heteroatoms. The van der Waals surface area contributed by atoms with Gasteiger partial charge in [-0.05, 0) is 37.5 Å². The summed E-state index contributed by atoms with van der Waals surface area (Å²) in [5, 5.41) is 10.7. The highest BCUT2D eigenvalue weighted by Gasteiger charge is 2.30. The number of hydrogen-bond acceptors (Lipinski definition) is 15. The number of unbranched alkanes of at least 4 members (excludes halogenated alkanes) is 52. The van der Waals surface area contributed by atoms with Gasteiger partial charge in [-0.1, -0.05) is 401 Å². The SMILES string of the molecule is CCCCCCCCCCCCCCCCCCCCCCCC(=O)O[C@H](COC(=O)CCCCCCCCCCCCCCCCCCC)COP(=O)(O)OC[C@@H](O)COP(=O)(O)OC[C@@H](COC(=O)CCCCCCCCCCC(C)CC)OC(=O)CCCCCCCCCCCCC(C)CC. The molecule has 0 spiro atoms. The number of ether oxygens (including phenoxy) is 4. The fourth-order valence-electron chi connectivity index (χ4n) is 13.2. The number of phosphoric ester groups is 2. The van der Waals surface area contributed by atoms with Gasteiger partial charge in [0.05, 0.1) is 26.4 Å². The number of carbonyl (C=O) groups is 4. The molecular weight excluding hydrogens is 1350 g/mol. The van der Waals surface area contributed by atoms with Gasteiger partial charge >= 0.3 is 39.5 Å². The first-order valence-electron chi connectivity index (χ1n) is 44.1. The number of esters is 4. The summed E-state index contributed by atoms with van der Waals surface area (Å²) >= 11 is 0. The monoisotopic (exact) mass is 1520 g/mol. The van der Waals surface area contributed by atoms with E-state index in [-0.39, 0.29) is 25.7 Å². The molecule has 0 aromatic heterocycles. The van der Waals surface area contributed by atoms with Crippen LogP contribution in [0.1, 0.15) is 452 Å². The maximum atomic E-state index is 13.1. The van der Waals surface area contributed by atoms with Crippen molar-refractivity contribution in [3.8, 4) is 0 Å². The van der Waals surface area contributed by atoms with Gasteiger partial charge in [-0.2, -0.15) is 0 Å². The molecule has 17 nitrogen and oxygen atoms in total. The maximum absolute atomic E-state index is 13.1. The fourth-order valence-corrected chi connectivity index (χ4v) is 14.8. The molecule has 618 valence electrons. The van der Waals surface area contributed by atoms with Crippen LogP contribution in [0.15, 0.2) is 0 Å². The normalized spacial score (nSPS) is 14.4. The number of hydrogen-bond donors (Lipinski definition) is 3. The van der Waals surface area contributed by atoms with E-state index in [2.05, 4.69) is 41.5 Å². The third-order valence-electron chi connectivity index (χ3n) is 20.7. The van der Waals surface area contributed by atoms with E-state index in [4.69, 9.17) is 37.0 Å². The lowest BCUT2D eigenvalue weighted by molar-refractivity contribution is -0.161. The fraction of sp³-hybridized carbons (Fsp3) is 0.953. The number of carbonyl (C=O) groups excluding carboxylic acids is 4. The predicted molar refractivity (Wildman–Crippen MR) is 428 cm³/mol. The van der Waals surface area contributed by atoms with E-state index >= 15 is 0 Å². The van der Waals surface area contributed by atoms with E-state index in [1.807, 2.05) is 0 Å². The Labute approximate surface area is 638 Å². The number of rotatable bonds is 84. The zero-order chi connectivity index (χ0) is 76.4. The molecule has 3 N–H and O–H groups in total. The molecule has 0 aromatic carbocycles. The van der Waals surface area contributed by atoms with Gasteiger partial charge in [0.1, 0.15) is 19.3 Å². The molecule has 0 saturated heterocycles. The Balaban J connectivity index is 5.25. The lowest BCUT2D eigenvalue weighted by Gasteiger charge is -2.21. The van der Waals surface area contributed by atoms with Crippen LogP contribution in [0.5, 0.6) is 0 Å². The zero-order valence-electron chi connectivity index (χ0n) is 68.3. The molecule has 0 aromatic rings. The quantitative estimate of drug-likeness (QED) is 0.0222. The maximum Gasteiger partial charge on any atom is 0.472 e. The van der Waals surface area contributed by atoms with Gasteiger partial charge < -0.3 is 33.8 Å². The average molecular weight is 1520 g/mol. The van der Waals surface area contributed by atoms with Crippen LogP contribution in [0.2, 0.25) is 0 Å². The largest absolute Gasteiger partial charge is 0.472 e. The zero-order valence-corrected chi connectivity index (χ0v) is 70.1. The predicted octanol–water partition coefficient (Wildman–Crippen LogP) is 25.8. The van der Waals surface area contributed by atoms with E-state index in [0.29, 0.717) is 25.7 Å². The number of aliphatic hydroxyl groups is 1. The number of aliphatic hydroxyl groups excluding tert-OH is 1. The van der Waals surface area contributed by atoms with Crippen molar-refractivity contribution in [2.45, 2.75) is 471 Å². The Kier molecular flexibility index (Phi) is 75.0. The van der Waals surface area contributed by atoms with Gasteiger partial charge in [0.25, 0.3) is 0 Å². The summed E-state index contributed by atoms with van der Waals surface area (Å²) < 4.78 is 68.9. The Morgan fingerprint density at radius 3 is 0.683 bits per heavy atom. The average Bonchev–Trinajstić information content (AvgIpc) is 0.902. The molecule has 0 rings (SSSR count). The lowest BCUT2D eigenvalue weighted by atomic mass is 9.99. The summed E-state index contributed by atoms with van der Waals surface area (Å²) in [5.41, 5.74) is 0. The van der Waals surface area contributed by atoms with Gasteiger partial charge in [-0.3, -0.25) is 37.3 Å². The molecule has 0 aliphatic carbocycles. The highest BCUT2D eigenvalue weighted by atomic mass is 31.2. The highest BCUT2D eigenvalue weighted by molar-refractivity contribution is 7.47. The first kappa shape index (κ1) is 102. The summed E-state index contributed by atoms with van der Waals surface area (Å²) in [7, 11) is -9.93. The van der Waals surface area contributed by atoms with Crippen LogP contribution >= 0.6 is 15.6 Å².